The molecule has 7 heteroatoms. The Morgan fingerprint density at radius 1 is 0.544 bits per heavy atom. The fourth-order valence-corrected chi connectivity index (χ4v) is 15.5. The van der Waals surface area contributed by atoms with Gasteiger partial charge in [0.15, 0.2) is 7.98 Å². The minimum atomic E-state index is -1.22. The van der Waals surface area contributed by atoms with Crippen LogP contribution in [0.1, 0.15) is 114 Å². The van der Waals surface area contributed by atoms with Crippen LogP contribution in [0.4, 0.5) is 0 Å². The molecule has 0 aromatic heterocycles. The summed E-state index contributed by atoms with van der Waals surface area (Å²) in [5.74, 6) is 2.33. The Hall–Kier alpha value is -1.98. The zero-order valence-electron chi connectivity index (χ0n) is 37.4. The summed E-state index contributed by atoms with van der Waals surface area (Å²) < 4.78 is 2.15. The van der Waals surface area contributed by atoms with E-state index >= 15 is 0 Å². The van der Waals surface area contributed by atoms with E-state index in [9.17, 15) is 0 Å². The molecular weight excluding hydrogens is 844 g/mol. The van der Waals surface area contributed by atoms with Crippen molar-refractivity contribution in [3.63, 3.8) is 0 Å². The van der Waals surface area contributed by atoms with Gasteiger partial charge in [0.1, 0.15) is 16.5 Å². The third-order valence-corrected chi connectivity index (χ3v) is 18.0. The summed E-state index contributed by atoms with van der Waals surface area (Å²) in [7, 11) is 13.4. The van der Waals surface area contributed by atoms with E-state index in [0.29, 0.717) is 23.7 Å². The van der Waals surface area contributed by atoms with Gasteiger partial charge in [0.2, 0.25) is 0 Å². The van der Waals surface area contributed by atoms with E-state index < -0.39 is 37.3 Å². The molecule has 0 N–H and O–H groups in total. The van der Waals surface area contributed by atoms with Gasteiger partial charge < -0.3 is 4.14 Å². The van der Waals surface area contributed by atoms with Crippen LogP contribution in [-0.4, -0.2) is 28.6 Å². The summed E-state index contributed by atoms with van der Waals surface area (Å²) in [4.78, 5) is 0. The molecule has 0 fully saturated rings. The monoisotopic (exact) mass is 909 g/mol. The standard InChI is InChI=1S/2C22H25.C6H18BNSi2.2ClH.Zr/c2*1-5-16(4)19-10-6-7-11-20(19)21-12-8-9-17-13-18(15(2)3)14-22(17)21;1-9(2,3)8(7)10(4,5)6;;;/h2*6-16H,5H2,1-4H3;1-6H3;2*1H;/q2*-1;;;;+4/p-2. The van der Waals surface area contributed by atoms with E-state index in [1.807, 2.05) is 0 Å². The molecule has 2 radical (unpaired) electrons. The fourth-order valence-electron chi connectivity index (χ4n) is 7.44. The number of benzene rings is 4. The maximum absolute atomic E-state index is 5.98. The van der Waals surface area contributed by atoms with Crippen LogP contribution in [0.3, 0.4) is 0 Å². The zero-order chi connectivity index (χ0) is 42.7. The first-order valence-electron chi connectivity index (χ1n) is 20.9. The molecule has 302 valence electrons. The Balaban J connectivity index is 0.000000236. The third kappa shape index (κ3) is 13.5. The normalized spacial score (nSPS) is 12.7. The molecule has 2 atom stereocenters. The van der Waals surface area contributed by atoms with Gasteiger partial charge in [-0.3, -0.25) is 0 Å². The van der Waals surface area contributed by atoms with E-state index in [1.165, 1.54) is 78.9 Å². The summed E-state index contributed by atoms with van der Waals surface area (Å²) in [6.45, 7) is 31.9. The van der Waals surface area contributed by atoms with Gasteiger partial charge in [-0.1, -0.05) is 166 Å². The Morgan fingerprint density at radius 2 is 0.860 bits per heavy atom. The van der Waals surface area contributed by atoms with Gasteiger partial charge in [0, 0.05) is 0 Å². The molecule has 0 aliphatic carbocycles. The van der Waals surface area contributed by atoms with Crippen molar-refractivity contribution in [2.24, 2.45) is 0 Å². The van der Waals surface area contributed by atoms with Crippen LogP contribution < -0.4 is 0 Å². The minimum absolute atomic E-state index is 0.574. The molecule has 6 aromatic rings. The van der Waals surface area contributed by atoms with Crippen molar-refractivity contribution in [2.45, 2.75) is 131 Å². The van der Waals surface area contributed by atoms with E-state index in [1.54, 1.807) is 0 Å². The van der Waals surface area contributed by atoms with Crippen molar-refractivity contribution < 1.29 is 20.8 Å². The average Bonchev–Trinajstić information content (AvgIpc) is 3.83. The van der Waals surface area contributed by atoms with Crippen LogP contribution in [-0.2, 0) is 20.8 Å². The number of fused-ring (bicyclic) bond motifs is 2. The van der Waals surface area contributed by atoms with Crippen LogP contribution in [0.15, 0.2) is 109 Å². The van der Waals surface area contributed by atoms with Gasteiger partial charge in [0.05, 0.1) is 0 Å². The molecule has 57 heavy (non-hydrogen) atoms. The molecule has 0 heterocycles. The van der Waals surface area contributed by atoms with Gasteiger partial charge in [-0.15, -0.1) is 69.1 Å². The van der Waals surface area contributed by atoms with Crippen molar-refractivity contribution in [1.82, 2.24) is 4.14 Å². The number of hydrogen-bond acceptors (Lipinski definition) is 1. The number of halogens is 2. The Morgan fingerprint density at radius 3 is 1.14 bits per heavy atom. The zero-order valence-corrected chi connectivity index (χ0v) is 43.4. The van der Waals surface area contributed by atoms with Crippen LogP contribution in [0, 0.1) is 0 Å². The molecule has 0 saturated heterocycles. The predicted octanol–water partition coefficient (Wildman–Crippen LogP) is 17.1. The molecule has 6 aromatic carbocycles. The van der Waals surface area contributed by atoms with E-state index in [0.717, 1.165) is 0 Å². The quantitative estimate of drug-likeness (QED) is 0.0978. The van der Waals surface area contributed by atoms with Crippen molar-refractivity contribution in [2.75, 3.05) is 0 Å². The summed E-state index contributed by atoms with van der Waals surface area (Å²) in [5.41, 5.74) is 11.3. The maximum atomic E-state index is 5.98. The fraction of sp³-hybridized carbons (Fsp3) is 0.400. The van der Waals surface area contributed by atoms with Crippen molar-refractivity contribution in [1.29, 1.82) is 0 Å². The van der Waals surface area contributed by atoms with Crippen LogP contribution in [0.5, 0.6) is 0 Å². The summed E-state index contributed by atoms with van der Waals surface area (Å²) in [6, 6.07) is 40.6. The van der Waals surface area contributed by atoms with E-state index in [2.05, 4.69) is 208 Å². The summed E-state index contributed by atoms with van der Waals surface area (Å²) in [6.07, 6.45) is 2.34. The molecular formula is C50H68BCl2NSi2Zr. The first-order valence-corrected chi connectivity index (χ1v) is 34.1. The Labute approximate surface area is 370 Å². The van der Waals surface area contributed by atoms with Gasteiger partial charge in [-0.25, -0.2) is 0 Å². The average molecular weight is 912 g/mol. The van der Waals surface area contributed by atoms with Crippen LogP contribution in [0.2, 0.25) is 39.3 Å². The number of hydrogen-bond donors (Lipinski definition) is 0. The van der Waals surface area contributed by atoms with Gasteiger partial charge in [-0.05, 0) is 58.8 Å². The molecule has 0 aliphatic heterocycles. The van der Waals surface area contributed by atoms with Gasteiger partial charge >= 0.3 is 37.9 Å². The first kappa shape index (κ1) is 49.4. The Bertz CT molecular complexity index is 1970. The molecule has 6 rings (SSSR count). The molecule has 2 unspecified atom stereocenters. The van der Waals surface area contributed by atoms with Crippen molar-refractivity contribution >= 4 is 63.0 Å². The van der Waals surface area contributed by atoms with Crippen LogP contribution in [0.25, 0.3) is 43.8 Å². The molecule has 1 nitrogen and oxygen atoms in total. The number of rotatable bonds is 10. The molecule has 0 amide bonds. The third-order valence-electron chi connectivity index (χ3n) is 11.1. The topological polar surface area (TPSA) is 3.24 Å². The predicted molar refractivity (Wildman–Crippen MR) is 262 cm³/mol. The second-order valence-electron chi connectivity index (χ2n) is 18.1. The molecule has 0 saturated carbocycles. The van der Waals surface area contributed by atoms with E-state index in [-0.39, 0.29) is 0 Å². The second-order valence-corrected chi connectivity index (χ2v) is 31.9. The SMILES string of the molecule is CCC(C)c1ccccc1-c1cccc2[cH-]c(C(C)C)cc12.CCC(C)c1ccccc1-c1cccc2[cH-]c(C(C)C)cc12.[B]N([Si](C)(C)C)[Si](C)(C)C.[Cl][Zr+2][Cl]. The van der Waals surface area contributed by atoms with Gasteiger partial charge in [-0.2, -0.15) is 12.1 Å². The molecule has 0 aliphatic rings. The number of nitrogens with zero attached hydrogens (tertiary/aromatic N) is 1. The van der Waals surface area contributed by atoms with Gasteiger partial charge in [0.25, 0.3) is 0 Å². The molecule has 0 spiro atoms. The first-order chi connectivity index (χ1) is 26.8. The molecule has 0 bridgehead atoms. The summed E-state index contributed by atoms with van der Waals surface area (Å²) >= 11 is -0.826. The second kappa shape index (κ2) is 22.6. The van der Waals surface area contributed by atoms with Crippen LogP contribution >= 0.6 is 17.0 Å². The van der Waals surface area contributed by atoms with E-state index in [4.69, 9.17) is 25.0 Å². The summed E-state index contributed by atoms with van der Waals surface area (Å²) in [5, 5.41) is 5.50. The van der Waals surface area contributed by atoms with Crippen molar-refractivity contribution in [3.8, 4) is 22.3 Å². The Kier molecular flexibility index (Phi) is 19.6. The van der Waals surface area contributed by atoms with Crippen molar-refractivity contribution in [3.05, 3.63) is 131 Å².